The van der Waals surface area contributed by atoms with Crippen LogP contribution >= 0.6 is 23.4 Å². The van der Waals surface area contributed by atoms with Crippen LogP contribution in [0.15, 0.2) is 0 Å². The molecule has 0 bridgehead atoms. The van der Waals surface area contributed by atoms with E-state index in [0.29, 0.717) is 0 Å². The minimum Gasteiger partial charge on any atom is -0.161 e. The van der Waals surface area contributed by atoms with Gasteiger partial charge in [0, 0.05) is 11.6 Å². The number of halogens is 1. The molecule has 0 heterocycles. The lowest BCUT2D eigenvalue weighted by Gasteiger charge is -2.01. The molecule has 0 aromatic carbocycles. The third kappa shape index (κ3) is 12.6. The molecular weight excluding hydrogens is 212 g/mol. The lowest BCUT2D eigenvalue weighted by Crippen LogP contribution is -1.85. The van der Waals surface area contributed by atoms with Crippen LogP contribution in [0.5, 0.6) is 0 Å². The van der Waals surface area contributed by atoms with Crippen molar-refractivity contribution in [2.24, 2.45) is 0 Å². The first-order valence-electron chi connectivity index (χ1n) is 6.05. The highest BCUT2D eigenvalue weighted by atomic mass is 35.5. The van der Waals surface area contributed by atoms with Gasteiger partial charge in [0.05, 0.1) is 0 Å². The van der Waals surface area contributed by atoms with Crippen molar-refractivity contribution in [1.29, 1.82) is 0 Å². The summed E-state index contributed by atoms with van der Waals surface area (Å²) in [6.45, 7) is 2.27. The molecule has 0 aromatic heterocycles. The Morgan fingerprint density at radius 3 is 1.93 bits per heavy atom. The molecule has 0 nitrogen and oxygen atoms in total. The van der Waals surface area contributed by atoms with Crippen molar-refractivity contribution in [3.05, 3.63) is 0 Å². The van der Waals surface area contributed by atoms with Gasteiger partial charge in [0.2, 0.25) is 0 Å². The summed E-state index contributed by atoms with van der Waals surface area (Å²) in [6.07, 6.45) is 11.4. The first-order valence-corrected chi connectivity index (χ1v) is 7.74. The number of thioether (sulfide) groups is 1. The van der Waals surface area contributed by atoms with Gasteiger partial charge in [-0.3, -0.25) is 0 Å². The van der Waals surface area contributed by atoms with Crippen LogP contribution in [0, 0.1) is 0 Å². The second-order valence-corrected chi connectivity index (χ2v) is 5.38. The number of hydrogen-bond donors (Lipinski definition) is 0. The van der Waals surface area contributed by atoms with Gasteiger partial charge in [-0.05, 0) is 12.2 Å². The number of alkyl halides is 1. The molecule has 0 fully saturated rings. The van der Waals surface area contributed by atoms with E-state index in [4.69, 9.17) is 11.6 Å². The third-order valence-electron chi connectivity index (χ3n) is 2.36. The molecule has 14 heavy (non-hydrogen) atoms. The van der Waals surface area contributed by atoms with E-state index >= 15 is 0 Å². The maximum Gasteiger partial charge on any atom is 0.0314 e. The monoisotopic (exact) mass is 236 g/mol. The van der Waals surface area contributed by atoms with Crippen molar-refractivity contribution in [1.82, 2.24) is 0 Å². The number of hydrogen-bond acceptors (Lipinski definition) is 1. The van der Waals surface area contributed by atoms with Crippen LogP contribution < -0.4 is 0 Å². The molecule has 0 unspecified atom stereocenters. The Kier molecular flexibility index (Phi) is 14.3. The number of rotatable bonds is 11. The van der Waals surface area contributed by atoms with E-state index in [0.717, 1.165) is 11.6 Å². The molecule has 0 atom stereocenters. The lowest BCUT2D eigenvalue weighted by molar-refractivity contribution is 0.586. The van der Waals surface area contributed by atoms with E-state index < -0.39 is 0 Å². The highest BCUT2D eigenvalue weighted by Gasteiger charge is 1.91. The van der Waals surface area contributed by atoms with Crippen LogP contribution in [0.2, 0.25) is 0 Å². The van der Waals surface area contributed by atoms with Crippen molar-refractivity contribution < 1.29 is 0 Å². The second-order valence-electron chi connectivity index (χ2n) is 3.78. The van der Waals surface area contributed by atoms with E-state index in [1.165, 1.54) is 57.1 Å². The largest absolute Gasteiger partial charge is 0.161 e. The minimum absolute atomic E-state index is 0.807. The Hall–Kier alpha value is 0.640. The van der Waals surface area contributed by atoms with Gasteiger partial charge in [-0.1, -0.05) is 51.9 Å². The van der Waals surface area contributed by atoms with Crippen LogP contribution in [0.1, 0.15) is 58.3 Å². The summed E-state index contributed by atoms with van der Waals surface area (Å²) in [5.74, 6) is 3.24. The quantitative estimate of drug-likeness (QED) is 0.355. The van der Waals surface area contributed by atoms with Crippen LogP contribution in [-0.2, 0) is 0 Å². The maximum absolute atomic E-state index is 5.59. The second kappa shape index (κ2) is 13.6. The van der Waals surface area contributed by atoms with Crippen molar-refractivity contribution in [3.63, 3.8) is 0 Å². The Bertz CT molecular complexity index is 84.3. The summed E-state index contributed by atoms with van der Waals surface area (Å²) < 4.78 is 0. The molecule has 0 saturated carbocycles. The van der Waals surface area contributed by atoms with Gasteiger partial charge >= 0.3 is 0 Å². The number of unbranched alkanes of at least 4 members (excludes halogenated alkanes) is 7. The average Bonchev–Trinajstić information content (AvgIpc) is 2.21. The van der Waals surface area contributed by atoms with Gasteiger partial charge in [0.1, 0.15) is 0 Å². The van der Waals surface area contributed by atoms with Gasteiger partial charge in [0.25, 0.3) is 0 Å². The molecule has 0 aromatic rings. The smallest absolute Gasteiger partial charge is 0.0314 e. The van der Waals surface area contributed by atoms with Gasteiger partial charge in [-0.25, -0.2) is 0 Å². The first-order chi connectivity index (χ1) is 6.91. The summed E-state index contributed by atoms with van der Waals surface area (Å²) in [5, 5.41) is 0. The fourth-order valence-corrected chi connectivity index (χ4v) is 2.54. The molecule has 0 saturated heterocycles. The third-order valence-corrected chi connectivity index (χ3v) is 3.85. The SMILES string of the molecule is CCCCCCCCCCSCCCl. The van der Waals surface area contributed by atoms with Crippen LogP contribution in [0.4, 0.5) is 0 Å². The molecule has 0 radical (unpaired) electrons. The lowest BCUT2D eigenvalue weighted by atomic mass is 10.1. The van der Waals surface area contributed by atoms with Crippen molar-refractivity contribution in [2.75, 3.05) is 17.4 Å². The van der Waals surface area contributed by atoms with Crippen LogP contribution in [-0.4, -0.2) is 17.4 Å². The topological polar surface area (TPSA) is 0 Å². The average molecular weight is 237 g/mol. The highest BCUT2D eigenvalue weighted by Crippen LogP contribution is 2.11. The summed E-state index contributed by atoms with van der Waals surface area (Å²) in [5.41, 5.74) is 0. The molecule has 0 rings (SSSR count). The summed E-state index contributed by atoms with van der Waals surface area (Å²) in [6, 6.07) is 0. The first kappa shape index (κ1) is 14.6. The van der Waals surface area contributed by atoms with Gasteiger partial charge < -0.3 is 0 Å². The Labute approximate surface area is 99.2 Å². The van der Waals surface area contributed by atoms with E-state index in [-0.39, 0.29) is 0 Å². The zero-order valence-electron chi connectivity index (χ0n) is 9.56. The Balaban J connectivity index is 2.78. The summed E-state index contributed by atoms with van der Waals surface area (Å²) in [4.78, 5) is 0. The van der Waals surface area contributed by atoms with E-state index in [9.17, 15) is 0 Å². The van der Waals surface area contributed by atoms with Crippen molar-refractivity contribution in [2.45, 2.75) is 58.3 Å². The minimum atomic E-state index is 0.807. The van der Waals surface area contributed by atoms with E-state index in [1.54, 1.807) is 0 Å². The molecular formula is C12H25ClS. The predicted octanol–water partition coefficient (Wildman–Crippen LogP) is 5.10. The highest BCUT2D eigenvalue weighted by molar-refractivity contribution is 7.99. The normalized spacial score (nSPS) is 10.7. The summed E-state index contributed by atoms with van der Waals surface area (Å²) >= 11 is 7.58. The molecule has 0 spiro atoms. The fourth-order valence-electron chi connectivity index (χ4n) is 1.49. The van der Waals surface area contributed by atoms with Crippen LogP contribution in [0.3, 0.4) is 0 Å². The van der Waals surface area contributed by atoms with Gasteiger partial charge in [-0.15, -0.1) is 11.6 Å². The van der Waals surface area contributed by atoms with E-state index in [2.05, 4.69) is 6.92 Å². The molecule has 0 amide bonds. The van der Waals surface area contributed by atoms with Gasteiger partial charge in [0.15, 0.2) is 0 Å². The molecule has 0 aliphatic heterocycles. The molecule has 0 N–H and O–H groups in total. The van der Waals surface area contributed by atoms with Gasteiger partial charge in [-0.2, -0.15) is 11.8 Å². The Morgan fingerprint density at radius 2 is 1.36 bits per heavy atom. The maximum atomic E-state index is 5.59. The standard InChI is InChI=1S/C12H25ClS/c1-2-3-4-5-6-7-8-9-11-14-12-10-13/h2-12H2,1H3. The Morgan fingerprint density at radius 1 is 0.786 bits per heavy atom. The van der Waals surface area contributed by atoms with E-state index in [1.807, 2.05) is 11.8 Å². The van der Waals surface area contributed by atoms with Crippen molar-refractivity contribution in [3.8, 4) is 0 Å². The fraction of sp³-hybridized carbons (Fsp3) is 1.00. The van der Waals surface area contributed by atoms with Crippen LogP contribution in [0.25, 0.3) is 0 Å². The molecule has 86 valence electrons. The summed E-state index contributed by atoms with van der Waals surface area (Å²) in [7, 11) is 0. The molecule has 2 heteroatoms. The predicted molar refractivity (Wildman–Crippen MR) is 70.7 cm³/mol. The zero-order chi connectivity index (χ0) is 10.5. The molecule has 0 aliphatic rings. The zero-order valence-corrected chi connectivity index (χ0v) is 11.1. The molecule has 0 aliphatic carbocycles. The van der Waals surface area contributed by atoms with Crippen molar-refractivity contribution >= 4 is 23.4 Å².